The third-order valence-electron chi connectivity index (χ3n) is 6.17. The Morgan fingerprint density at radius 1 is 0.973 bits per heavy atom. The van der Waals surface area contributed by atoms with Crippen molar-refractivity contribution in [2.75, 3.05) is 33.4 Å². The normalized spacial score (nSPS) is 11.6. The average molecular weight is 547 g/mol. The number of H-pyrrole nitrogens is 1. The summed E-state index contributed by atoms with van der Waals surface area (Å²) in [7, 11) is 1.64. The lowest BCUT2D eigenvalue weighted by molar-refractivity contribution is -0.142. The van der Waals surface area contributed by atoms with Crippen molar-refractivity contribution in [2.45, 2.75) is 46.6 Å². The van der Waals surface area contributed by atoms with Crippen LogP contribution in [0.15, 0.2) is 48.7 Å². The Hall–Kier alpha value is -2.54. The molecule has 2 aromatic carbocycles. The molecule has 0 saturated heterocycles. The largest absolute Gasteiger partial charge is 0.385 e. The number of benzene rings is 2. The molecule has 200 valence electrons. The first-order chi connectivity index (χ1) is 17.6. The molecule has 0 fully saturated rings. The van der Waals surface area contributed by atoms with E-state index in [4.69, 9.17) is 27.9 Å². The molecular formula is C29H37Cl2N3O3. The molecule has 1 N–H and O–H groups in total. The van der Waals surface area contributed by atoms with Crippen molar-refractivity contribution in [3.8, 4) is 0 Å². The number of amides is 2. The first-order valence-corrected chi connectivity index (χ1v) is 13.4. The second-order valence-corrected chi connectivity index (χ2v) is 11.4. The molecule has 0 radical (unpaired) electrons. The van der Waals surface area contributed by atoms with Gasteiger partial charge in [0.15, 0.2) is 0 Å². The maximum absolute atomic E-state index is 13.7. The van der Waals surface area contributed by atoms with Gasteiger partial charge in [-0.3, -0.25) is 9.59 Å². The Bertz CT molecular complexity index is 1200. The third kappa shape index (κ3) is 8.77. The van der Waals surface area contributed by atoms with Crippen molar-refractivity contribution in [2.24, 2.45) is 5.41 Å². The molecule has 37 heavy (non-hydrogen) atoms. The highest BCUT2D eigenvalue weighted by Crippen LogP contribution is 2.24. The SMILES string of the molecule is COCCCN(CC(=O)N(CCc1c[nH]c2ccccc12)Cc1ccc(Cl)c(Cl)c1)C(=O)CC(C)(C)C. The quantitative estimate of drug-likeness (QED) is 0.270. The fourth-order valence-electron chi connectivity index (χ4n) is 4.26. The lowest BCUT2D eigenvalue weighted by Gasteiger charge is -2.30. The molecule has 0 atom stereocenters. The second-order valence-electron chi connectivity index (χ2n) is 10.6. The fraction of sp³-hybridized carbons (Fsp3) is 0.448. The van der Waals surface area contributed by atoms with Crippen molar-refractivity contribution in [3.63, 3.8) is 0 Å². The number of carbonyl (C=O) groups excluding carboxylic acids is 2. The molecule has 1 heterocycles. The molecule has 0 saturated carbocycles. The highest BCUT2D eigenvalue weighted by Gasteiger charge is 2.25. The van der Waals surface area contributed by atoms with Crippen LogP contribution in [0.2, 0.25) is 10.0 Å². The van der Waals surface area contributed by atoms with Crippen LogP contribution in [-0.4, -0.2) is 59.9 Å². The van der Waals surface area contributed by atoms with Crippen LogP contribution >= 0.6 is 23.2 Å². The van der Waals surface area contributed by atoms with Crippen molar-refractivity contribution < 1.29 is 14.3 Å². The average Bonchev–Trinajstić information content (AvgIpc) is 3.25. The molecule has 1 aromatic heterocycles. The summed E-state index contributed by atoms with van der Waals surface area (Å²) in [4.78, 5) is 33.6. The van der Waals surface area contributed by atoms with E-state index in [0.29, 0.717) is 55.5 Å². The van der Waals surface area contributed by atoms with Gasteiger partial charge in [-0.15, -0.1) is 0 Å². The van der Waals surface area contributed by atoms with E-state index in [2.05, 4.69) is 11.1 Å². The summed E-state index contributed by atoms with van der Waals surface area (Å²) in [6.45, 7) is 7.97. The van der Waals surface area contributed by atoms with Gasteiger partial charge in [-0.1, -0.05) is 68.2 Å². The van der Waals surface area contributed by atoms with Crippen LogP contribution in [0.5, 0.6) is 0 Å². The van der Waals surface area contributed by atoms with E-state index in [-0.39, 0.29) is 23.8 Å². The zero-order valence-electron chi connectivity index (χ0n) is 22.2. The van der Waals surface area contributed by atoms with Crippen molar-refractivity contribution in [1.29, 1.82) is 0 Å². The van der Waals surface area contributed by atoms with Gasteiger partial charge >= 0.3 is 0 Å². The summed E-state index contributed by atoms with van der Waals surface area (Å²) in [6, 6.07) is 13.5. The Balaban J connectivity index is 1.80. The number of para-hydroxylation sites is 1. The lowest BCUT2D eigenvalue weighted by Crippen LogP contribution is -2.44. The molecule has 0 unspecified atom stereocenters. The third-order valence-corrected chi connectivity index (χ3v) is 6.91. The molecule has 8 heteroatoms. The van der Waals surface area contributed by atoms with Crippen LogP contribution in [0.1, 0.15) is 44.7 Å². The smallest absolute Gasteiger partial charge is 0.242 e. The summed E-state index contributed by atoms with van der Waals surface area (Å²) in [5.74, 6) is -0.131. The number of ether oxygens (including phenoxy) is 1. The highest BCUT2D eigenvalue weighted by molar-refractivity contribution is 6.42. The zero-order valence-corrected chi connectivity index (χ0v) is 23.7. The topological polar surface area (TPSA) is 65.6 Å². The molecule has 2 amide bonds. The minimum Gasteiger partial charge on any atom is -0.385 e. The van der Waals surface area contributed by atoms with Crippen molar-refractivity contribution in [1.82, 2.24) is 14.8 Å². The Morgan fingerprint density at radius 3 is 2.43 bits per heavy atom. The molecule has 6 nitrogen and oxygen atoms in total. The minimum absolute atomic E-state index is 0.0217. The second kappa shape index (κ2) is 13.3. The molecule has 0 bridgehead atoms. The van der Waals surface area contributed by atoms with Crippen molar-refractivity contribution >= 4 is 45.9 Å². The van der Waals surface area contributed by atoms with Gasteiger partial charge in [0.05, 0.1) is 16.6 Å². The van der Waals surface area contributed by atoms with Gasteiger partial charge in [-0.25, -0.2) is 0 Å². The maximum Gasteiger partial charge on any atom is 0.242 e. The van der Waals surface area contributed by atoms with E-state index in [0.717, 1.165) is 22.0 Å². The first kappa shape index (κ1) is 29.0. The summed E-state index contributed by atoms with van der Waals surface area (Å²) in [6.07, 6.45) is 3.71. The molecule has 3 aromatic rings. The van der Waals surface area contributed by atoms with Crippen LogP contribution in [0.4, 0.5) is 0 Å². The van der Waals surface area contributed by atoms with E-state index in [9.17, 15) is 9.59 Å². The predicted octanol–water partition coefficient (Wildman–Crippen LogP) is 6.35. The number of methoxy groups -OCH3 is 1. The number of nitrogens with zero attached hydrogens (tertiary/aromatic N) is 2. The van der Waals surface area contributed by atoms with E-state index in [1.165, 1.54) is 0 Å². The lowest BCUT2D eigenvalue weighted by atomic mass is 9.91. The molecule has 3 rings (SSSR count). The van der Waals surface area contributed by atoms with E-state index in [1.54, 1.807) is 29.0 Å². The summed E-state index contributed by atoms with van der Waals surface area (Å²) >= 11 is 12.4. The van der Waals surface area contributed by atoms with Gasteiger partial charge in [0.2, 0.25) is 11.8 Å². The van der Waals surface area contributed by atoms with Crippen molar-refractivity contribution in [3.05, 3.63) is 69.8 Å². The van der Waals surface area contributed by atoms with Gasteiger partial charge in [0.25, 0.3) is 0 Å². The van der Waals surface area contributed by atoms with Crippen LogP contribution in [0.3, 0.4) is 0 Å². The van der Waals surface area contributed by atoms with Gasteiger partial charge in [-0.05, 0) is 47.6 Å². The predicted molar refractivity (Wildman–Crippen MR) is 151 cm³/mol. The van der Waals surface area contributed by atoms with Gasteiger partial charge in [-0.2, -0.15) is 0 Å². The van der Waals surface area contributed by atoms with Gasteiger partial charge in [0.1, 0.15) is 0 Å². The minimum atomic E-state index is -0.172. The molecule has 0 spiro atoms. The highest BCUT2D eigenvalue weighted by atomic mass is 35.5. The number of hydrogen-bond donors (Lipinski definition) is 1. The van der Waals surface area contributed by atoms with Crippen LogP contribution in [0, 0.1) is 5.41 Å². The van der Waals surface area contributed by atoms with Crippen LogP contribution < -0.4 is 0 Å². The molecule has 0 aliphatic rings. The molecule has 0 aliphatic carbocycles. The van der Waals surface area contributed by atoms with E-state index < -0.39 is 0 Å². The zero-order chi connectivity index (χ0) is 27.0. The monoisotopic (exact) mass is 545 g/mol. The number of aromatic amines is 1. The van der Waals surface area contributed by atoms with E-state index in [1.807, 2.05) is 51.2 Å². The summed E-state index contributed by atoms with van der Waals surface area (Å²) in [5, 5.41) is 2.06. The number of rotatable bonds is 12. The Labute approximate surface area is 229 Å². The van der Waals surface area contributed by atoms with Crippen LogP contribution in [-0.2, 0) is 27.3 Å². The standard InChI is InChI=1S/C29H37Cl2N3O3/c1-29(2,3)17-27(35)33(13-7-15-37-4)20-28(36)34(19-21-10-11-24(30)25(31)16-21)14-12-22-18-32-26-9-6-5-8-23(22)26/h5-6,8-11,16,18,32H,7,12-15,17,19-20H2,1-4H3. The fourth-order valence-corrected chi connectivity index (χ4v) is 4.59. The number of aromatic nitrogens is 1. The maximum atomic E-state index is 13.7. The number of halogens is 2. The molecular weight excluding hydrogens is 509 g/mol. The summed E-state index contributed by atoms with van der Waals surface area (Å²) < 4.78 is 5.18. The van der Waals surface area contributed by atoms with Crippen LogP contribution in [0.25, 0.3) is 10.9 Å². The number of hydrogen-bond acceptors (Lipinski definition) is 3. The first-order valence-electron chi connectivity index (χ1n) is 12.6. The Morgan fingerprint density at radius 2 is 1.73 bits per heavy atom. The number of nitrogens with one attached hydrogen (secondary N) is 1. The molecule has 0 aliphatic heterocycles. The van der Waals surface area contributed by atoms with Gasteiger partial charge in [0, 0.05) is 56.9 Å². The number of carbonyl (C=O) groups is 2. The Kier molecular flexibility index (Phi) is 10.4. The van der Waals surface area contributed by atoms with E-state index >= 15 is 0 Å². The summed E-state index contributed by atoms with van der Waals surface area (Å²) in [5.41, 5.74) is 2.92. The van der Waals surface area contributed by atoms with Gasteiger partial charge < -0.3 is 19.5 Å². The number of fused-ring (bicyclic) bond motifs is 1.